The molecule has 1 heterocycles. The minimum Gasteiger partial charge on any atom is -0.363 e. The summed E-state index contributed by atoms with van der Waals surface area (Å²) >= 11 is 1.71. The zero-order chi connectivity index (χ0) is 7.94. The summed E-state index contributed by atoms with van der Waals surface area (Å²) in [6.07, 6.45) is 1.61. The van der Waals surface area contributed by atoms with Crippen molar-refractivity contribution in [3.8, 4) is 6.07 Å². The van der Waals surface area contributed by atoms with Crippen molar-refractivity contribution in [3.05, 3.63) is 0 Å². The molecule has 11 heavy (non-hydrogen) atoms. The number of nitrogens with one attached hydrogen (secondary N) is 1. The first kappa shape index (κ1) is 8.41. The number of rotatable bonds is 3. The number of nitriles is 1. The standard InChI is InChI=1S/C7H11N3S/c8-3-1-2-6-11-7-9-4-5-10-7/h1-2,4-6H2,(H,9,10). The average Bonchev–Trinajstić information content (AvgIpc) is 2.50. The number of hydrogen-bond donors (Lipinski definition) is 1. The SMILES string of the molecule is N#CCCCSC1=NCCN1. The third-order valence-electron chi connectivity index (χ3n) is 1.32. The van der Waals surface area contributed by atoms with Gasteiger partial charge in [-0.1, -0.05) is 11.8 Å². The molecule has 1 aliphatic heterocycles. The lowest BCUT2D eigenvalue weighted by Gasteiger charge is -1.98. The molecule has 0 atom stereocenters. The van der Waals surface area contributed by atoms with Crippen molar-refractivity contribution in [3.63, 3.8) is 0 Å². The van der Waals surface area contributed by atoms with E-state index < -0.39 is 0 Å². The van der Waals surface area contributed by atoms with E-state index in [0.717, 1.165) is 30.4 Å². The van der Waals surface area contributed by atoms with Crippen LogP contribution in [-0.4, -0.2) is 24.0 Å². The highest BCUT2D eigenvalue weighted by Crippen LogP contribution is 2.07. The molecule has 0 saturated carbocycles. The number of hydrogen-bond acceptors (Lipinski definition) is 4. The van der Waals surface area contributed by atoms with E-state index in [9.17, 15) is 0 Å². The van der Waals surface area contributed by atoms with E-state index in [-0.39, 0.29) is 0 Å². The second kappa shape index (κ2) is 5.03. The summed E-state index contributed by atoms with van der Waals surface area (Å²) in [5, 5.41) is 12.5. The van der Waals surface area contributed by atoms with Crippen LogP contribution in [-0.2, 0) is 0 Å². The topological polar surface area (TPSA) is 48.2 Å². The van der Waals surface area contributed by atoms with Gasteiger partial charge in [0.1, 0.15) is 0 Å². The monoisotopic (exact) mass is 169 g/mol. The number of nitrogens with zero attached hydrogens (tertiary/aromatic N) is 2. The van der Waals surface area contributed by atoms with Crippen molar-refractivity contribution < 1.29 is 0 Å². The van der Waals surface area contributed by atoms with Crippen LogP contribution >= 0.6 is 11.8 Å². The minimum atomic E-state index is 0.653. The molecule has 0 aromatic rings. The van der Waals surface area contributed by atoms with E-state index >= 15 is 0 Å². The molecule has 0 bridgehead atoms. The molecule has 1 N–H and O–H groups in total. The van der Waals surface area contributed by atoms with Gasteiger partial charge in [-0.05, 0) is 6.42 Å². The molecule has 3 nitrogen and oxygen atoms in total. The van der Waals surface area contributed by atoms with Crippen LogP contribution in [0.4, 0.5) is 0 Å². The van der Waals surface area contributed by atoms with Crippen LogP contribution in [0.2, 0.25) is 0 Å². The molecule has 0 saturated heterocycles. The summed E-state index contributed by atoms with van der Waals surface area (Å²) in [5.41, 5.74) is 0. The molecule has 0 spiro atoms. The van der Waals surface area contributed by atoms with Gasteiger partial charge in [-0.25, -0.2) is 0 Å². The maximum Gasteiger partial charge on any atom is 0.156 e. The van der Waals surface area contributed by atoms with Gasteiger partial charge in [-0.3, -0.25) is 4.99 Å². The van der Waals surface area contributed by atoms with Crippen molar-refractivity contribution in [1.82, 2.24) is 5.32 Å². The molecule has 0 fully saturated rings. The normalized spacial score (nSPS) is 15.4. The van der Waals surface area contributed by atoms with Gasteiger partial charge in [0.2, 0.25) is 0 Å². The van der Waals surface area contributed by atoms with Gasteiger partial charge >= 0.3 is 0 Å². The van der Waals surface area contributed by atoms with Gasteiger partial charge in [0, 0.05) is 18.7 Å². The Balaban J connectivity index is 1.99. The lowest BCUT2D eigenvalue weighted by Crippen LogP contribution is -2.15. The molecule has 0 aliphatic carbocycles. The molecule has 60 valence electrons. The van der Waals surface area contributed by atoms with Gasteiger partial charge in [-0.15, -0.1) is 0 Å². The maximum absolute atomic E-state index is 8.25. The van der Waals surface area contributed by atoms with Gasteiger partial charge in [0.15, 0.2) is 5.17 Å². The summed E-state index contributed by atoms with van der Waals surface area (Å²) in [5.74, 6) is 0.999. The number of aliphatic imine (C=N–C) groups is 1. The Bertz CT molecular complexity index is 183. The molecule has 0 aromatic heterocycles. The Kier molecular flexibility index (Phi) is 3.84. The predicted octanol–water partition coefficient (Wildman–Crippen LogP) is 0.983. The second-order valence-corrected chi connectivity index (χ2v) is 3.31. The summed E-state index contributed by atoms with van der Waals surface area (Å²) in [6, 6.07) is 2.12. The van der Waals surface area contributed by atoms with Crippen LogP contribution < -0.4 is 5.32 Å². The van der Waals surface area contributed by atoms with Gasteiger partial charge in [0.05, 0.1) is 12.6 Å². The van der Waals surface area contributed by atoms with E-state index in [1.807, 2.05) is 0 Å². The first-order chi connectivity index (χ1) is 5.43. The second-order valence-electron chi connectivity index (χ2n) is 2.22. The fourth-order valence-corrected chi connectivity index (χ4v) is 1.66. The highest BCUT2D eigenvalue weighted by atomic mass is 32.2. The highest BCUT2D eigenvalue weighted by Gasteiger charge is 2.03. The minimum absolute atomic E-state index is 0.653. The Labute approximate surface area is 70.9 Å². The van der Waals surface area contributed by atoms with Crippen LogP contribution in [0.15, 0.2) is 4.99 Å². The Hall–Kier alpha value is -0.690. The van der Waals surface area contributed by atoms with E-state index in [0.29, 0.717) is 6.42 Å². The molecule has 1 aliphatic rings. The zero-order valence-electron chi connectivity index (χ0n) is 6.34. The van der Waals surface area contributed by atoms with Crippen LogP contribution in [0.1, 0.15) is 12.8 Å². The highest BCUT2D eigenvalue weighted by molar-refractivity contribution is 8.13. The van der Waals surface area contributed by atoms with E-state index in [1.54, 1.807) is 11.8 Å². The van der Waals surface area contributed by atoms with Crippen LogP contribution in [0, 0.1) is 11.3 Å². The van der Waals surface area contributed by atoms with Crippen molar-refractivity contribution >= 4 is 16.9 Å². The van der Waals surface area contributed by atoms with Crippen molar-refractivity contribution in [2.24, 2.45) is 4.99 Å². The molecular weight excluding hydrogens is 158 g/mol. The van der Waals surface area contributed by atoms with Crippen LogP contribution in [0.3, 0.4) is 0 Å². The van der Waals surface area contributed by atoms with Crippen molar-refractivity contribution in [2.75, 3.05) is 18.8 Å². The lowest BCUT2D eigenvalue weighted by molar-refractivity contribution is 0.962. The average molecular weight is 169 g/mol. The van der Waals surface area contributed by atoms with E-state index in [1.165, 1.54) is 0 Å². The smallest absolute Gasteiger partial charge is 0.156 e. The summed E-state index contributed by atoms with van der Waals surface area (Å²) < 4.78 is 0. The Morgan fingerprint density at radius 2 is 2.64 bits per heavy atom. The molecule has 0 unspecified atom stereocenters. The van der Waals surface area contributed by atoms with Crippen molar-refractivity contribution in [1.29, 1.82) is 5.26 Å². The lowest BCUT2D eigenvalue weighted by atomic mass is 10.4. The molecule has 0 aromatic carbocycles. The zero-order valence-corrected chi connectivity index (χ0v) is 7.15. The van der Waals surface area contributed by atoms with Crippen molar-refractivity contribution in [2.45, 2.75) is 12.8 Å². The first-order valence-electron chi connectivity index (χ1n) is 3.71. The largest absolute Gasteiger partial charge is 0.363 e. The van der Waals surface area contributed by atoms with Gasteiger partial charge < -0.3 is 5.32 Å². The molecular formula is C7H11N3S. The number of amidine groups is 1. The molecule has 1 rings (SSSR count). The number of thioether (sulfide) groups is 1. The Morgan fingerprint density at radius 3 is 3.27 bits per heavy atom. The molecule has 0 radical (unpaired) electrons. The van der Waals surface area contributed by atoms with E-state index in [2.05, 4.69) is 16.4 Å². The fraction of sp³-hybridized carbons (Fsp3) is 0.714. The van der Waals surface area contributed by atoms with Gasteiger partial charge in [0.25, 0.3) is 0 Å². The van der Waals surface area contributed by atoms with E-state index in [4.69, 9.17) is 5.26 Å². The fourth-order valence-electron chi connectivity index (χ4n) is 0.793. The maximum atomic E-state index is 8.25. The molecule has 0 amide bonds. The third-order valence-corrected chi connectivity index (χ3v) is 2.35. The summed E-state index contributed by atoms with van der Waals surface area (Å²) in [7, 11) is 0. The molecule has 4 heteroatoms. The summed E-state index contributed by atoms with van der Waals surface area (Å²) in [6.45, 7) is 1.88. The predicted molar refractivity (Wildman–Crippen MR) is 47.6 cm³/mol. The third kappa shape index (κ3) is 3.28. The quantitative estimate of drug-likeness (QED) is 0.641. The number of unbranched alkanes of at least 4 members (excludes halogenated alkanes) is 1. The Morgan fingerprint density at radius 1 is 1.73 bits per heavy atom. The van der Waals surface area contributed by atoms with Crippen LogP contribution in [0.5, 0.6) is 0 Å². The van der Waals surface area contributed by atoms with Crippen LogP contribution in [0.25, 0.3) is 0 Å². The first-order valence-corrected chi connectivity index (χ1v) is 4.70. The summed E-state index contributed by atoms with van der Waals surface area (Å²) in [4.78, 5) is 4.22. The van der Waals surface area contributed by atoms with Gasteiger partial charge in [-0.2, -0.15) is 5.26 Å².